The van der Waals surface area contributed by atoms with E-state index in [0.717, 1.165) is 17.5 Å². The molecule has 1 heterocycles. The molecular weight excluding hydrogens is 321 g/mol. The zero-order valence-electron chi connectivity index (χ0n) is 14.8. The van der Waals surface area contributed by atoms with Crippen molar-refractivity contribution in [3.63, 3.8) is 0 Å². The molecule has 0 saturated heterocycles. The third-order valence-corrected chi connectivity index (χ3v) is 3.88. The number of carbonyl (C=O) groups is 1. The van der Waals surface area contributed by atoms with Gasteiger partial charge in [0.25, 0.3) is 5.56 Å². The van der Waals surface area contributed by atoms with Crippen LogP contribution in [0.3, 0.4) is 0 Å². The molecule has 1 N–H and O–H groups in total. The van der Waals surface area contributed by atoms with Gasteiger partial charge in [-0.25, -0.2) is 9.07 Å². The van der Waals surface area contributed by atoms with Crippen molar-refractivity contribution >= 4 is 5.91 Å². The zero-order chi connectivity index (χ0) is 18.4. The van der Waals surface area contributed by atoms with E-state index in [1.807, 2.05) is 6.92 Å². The minimum atomic E-state index is -0.351. The van der Waals surface area contributed by atoms with Crippen molar-refractivity contribution in [3.8, 4) is 11.3 Å². The number of benzene rings is 1. The van der Waals surface area contributed by atoms with E-state index in [2.05, 4.69) is 24.3 Å². The van der Waals surface area contributed by atoms with Crippen LogP contribution >= 0.6 is 0 Å². The van der Waals surface area contributed by atoms with Gasteiger partial charge in [-0.1, -0.05) is 13.8 Å². The van der Waals surface area contributed by atoms with E-state index in [1.54, 1.807) is 18.2 Å². The largest absolute Gasteiger partial charge is 0.352 e. The maximum absolute atomic E-state index is 13.0. The predicted molar refractivity (Wildman–Crippen MR) is 95.6 cm³/mol. The fourth-order valence-electron chi connectivity index (χ4n) is 2.45. The molecule has 0 aliphatic rings. The molecule has 0 aliphatic carbocycles. The molecule has 1 aromatic heterocycles. The van der Waals surface area contributed by atoms with Crippen molar-refractivity contribution in [3.05, 3.63) is 52.6 Å². The number of nitrogens with zero attached hydrogens (tertiary/aromatic N) is 2. The second-order valence-electron chi connectivity index (χ2n) is 6.66. The molecule has 1 aromatic carbocycles. The topological polar surface area (TPSA) is 64.0 Å². The average molecular weight is 345 g/mol. The highest BCUT2D eigenvalue weighted by Crippen LogP contribution is 2.15. The van der Waals surface area contributed by atoms with Crippen LogP contribution < -0.4 is 10.9 Å². The molecular formula is C19H24FN3O2. The van der Waals surface area contributed by atoms with E-state index in [1.165, 1.54) is 18.2 Å². The Labute approximate surface area is 146 Å². The highest BCUT2D eigenvalue weighted by atomic mass is 19.1. The van der Waals surface area contributed by atoms with Crippen LogP contribution in [-0.2, 0) is 11.3 Å². The standard InChI is InChI=1S/C19H24FN3O2/c1-13(2)4-5-14(3)21-18(24)12-23-19(25)11-10-17(22-23)15-6-8-16(20)9-7-15/h6-11,13-14H,4-5,12H2,1-3H3,(H,21,24). The molecule has 0 saturated carbocycles. The van der Waals surface area contributed by atoms with Crippen molar-refractivity contribution in [1.29, 1.82) is 0 Å². The summed E-state index contributed by atoms with van der Waals surface area (Å²) in [5, 5.41) is 7.10. The Bertz CT molecular complexity index is 769. The molecule has 5 nitrogen and oxygen atoms in total. The van der Waals surface area contributed by atoms with Gasteiger partial charge in [0.1, 0.15) is 12.4 Å². The number of carbonyl (C=O) groups excluding carboxylic acids is 1. The molecule has 6 heteroatoms. The quantitative estimate of drug-likeness (QED) is 0.839. The summed E-state index contributed by atoms with van der Waals surface area (Å²) in [6, 6.07) is 8.80. The molecule has 1 unspecified atom stereocenters. The Hall–Kier alpha value is -2.50. The van der Waals surface area contributed by atoms with Gasteiger partial charge in [-0.15, -0.1) is 0 Å². The lowest BCUT2D eigenvalue weighted by atomic mass is 10.0. The van der Waals surface area contributed by atoms with E-state index in [4.69, 9.17) is 0 Å². The van der Waals surface area contributed by atoms with Gasteiger partial charge in [0.2, 0.25) is 5.91 Å². The van der Waals surface area contributed by atoms with Gasteiger partial charge < -0.3 is 5.32 Å². The van der Waals surface area contributed by atoms with Gasteiger partial charge in [0.15, 0.2) is 0 Å². The van der Waals surface area contributed by atoms with Crippen molar-refractivity contribution in [2.45, 2.75) is 46.2 Å². The molecule has 25 heavy (non-hydrogen) atoms. The van der Waals surface area contributed by atoms with Gasteiger partial charge in [-0.2, -0.15) is 5.10 Å². The van der Waals surface area contributed by atoms with Crippen LogP contribution in [0.4, 0.5) is 4.39 Å². The monoisotopic (exact) mass is 345 g/mol. The van der Waals surface area contributed by atoms with Gasteiger partial charge in [0, 0.05) is 17.7 Å². The van der Waals surface area contributed by atoms with Crippen LogP contribution in [0.5, 0.6) is 0 Å². The van der Waals surface area contributed by atoms with E-state index in [-0.39, 0.29) is 29.9 Å². The third-order valence-electron chi connectivity index (χ3n) is 3.88. The summed E-state index contributed by atoms with van der Waals surface area (Å²) in [5.41, 5.74) is 0.844. The summed E-state index contributed by atoms with van der Waals surface area (Å²) in [4.78, 5) is 24.1. The van der Waals surface area contributed by atoms with Gasteiger partial charge >= 0.3 is 0 Å². The smallest absolute Gasteiger partial charge is 0.267 e. The maximum Gasteiger partial charge on any atom is 0.267 e. The Kier molecular flexibility index (Phi) is 6.44. The van der Waals surface area contributed by atoms with E-state index >= 15 is 0 Å². The fourth-order valence-corrected chi connectivity index (χ4v) is 2.45. The van der Waals surface area contributed by atoms with Crippen LogP contribution in [0.25, 0.3) is 11.3 Å². The number of rotatable bonds is 7. The molecule has 0 aliphatic heterocycles. The first kappa shape index (κ1) is 18.8. The van der Waals surface area contributed by atoms with E-state index < -0.39 is 0 Å². The molecule has 0 spiro atoms. The van der Waals surface area contributed by atoms with Crippen LogP contribution in [0.2, 0.25) is 0 Å². The summed E-state index contributed by atoms with van der Waals surface area (Å²) in [6.45, 7) is 6.09. The SMILES string of the molecule is CC(C)CCC(C)NC(=O)Cn1nc(-c2ccc(F)cc2)ccc1=O. The lowest BCUT2D eigenvalue weighted by Gasteiger charge is -2.15. The van der Waals surface area contributed by atoms with Crippen molar-refractivity contribution < 1.29 is 9.18 Å². The molecule has 0 fully saturated rings. The van der Waals surface area contributed by atoms with Crippen molar-refractivity contribution in [2.75, 3.05) is 0 Å². The number of hydrogen-bond donors (Lipinski definition) is 1. The molecule has 2 aromatic rings. The van der Waals surface area contributed by atoms with Gasteiger partial charge in [-0.3, -0.25) is 9.59 Å². The fraction of sp³-hybridized carbons (Fsp3) is 0.421. The average Bonchev–Trinajstić information content (AvgIpc) is 2.56. The molecule has 2 rings (SSSR count). The Morgan fingerprint density at radius 1 is 1.12 bits per heavy atom. The van der Waals surface area contributed by atoms with E-state index in [9.17, 15) is 14.0 Å². The van der Waals surface area contributed by atoms with Crippen LogP contribution in [0, 0.1) is 11.7 Å². The van der Waals surface area contributed by atoms with Crippen molar-refractivity contribution in [2.24, 2.45) is 5.92 Å². The second-order valence-corrected chi connectivity index (χ2v) is 6.66. The molecule has 1 amide bonds. The Balaban J connectivity index is 2.06. The highest BCUT2D eigenvalue weighted by molar-refractivity contribution is 5.76. The summed E-state index contributed by atoms with van der Waals surface area (Å²) in [5.74, 6) is -0.00928. The zero-order valence-corrected chi connectivity index (χ0v) is 14.8. The Morgan fingerprint density at radius 2 is 1.80 bits per heavy atom. The molecule has 0 bridgehead atoms. The molecule has 0 radical (unpaired) electrons. The lowest BCUT2D eigenvalue weighted by molar-refractivity contribution is -0.122. The minimum Gasteiger partial charge on any atom is -0.352 e. The normalized spacial score (nSPS) is 12.2. The van der Waals surface area contributed by atoms with Crippen molar-refractivity contribution in [1.82, 2.24) is 15.1 Å². The van der Waals surface area contributed by atoms with Crippen LogP contribution in [-0.4, -0.2) is 21.7 Å². The number of halogens is 1. The molecule has 134 valence electrons. The first-order valence-corrected chi connectivity index (χ1v) is 8.48. The van der Waals surface area contributed by atoms with Gasteiger partial charge in [0.05, 0.1) is 5.69 Å². The molecule has 1 atom stereocenters. The summed E-state index contributed by atoms with van der Waals surface area (Å²) in [6.07, 6.45) is 1.92. The van der Waals surface area contributed by atoms with Crippen LogP contribution in [0.15, 0.2) is 41.2 Å². The van der Waals surface area contributed by atoms with Gasteiger partial charge in [-0.05, 0) is 56.0 Å². The summed E-state index contributed by atoms with van der Waals surface area (Å²) < 4.78 is 14.2. The predicted octanol–water partition coefficient (Wildman–Crippen LogP) is 2.99. The summed E-state index contributed by atoms with van der Waals surface area (Å²) >= 11 is 0. The maximum atomic E-state index is 13.0. The second kappa shape index (κ2) is 8.55. The minimum absolute atomic E-state index is 0.0471. The van der Waals surface area contributed by atoms with Crippen LogP contribution in [0.1, 0.15) is 33.6 Å². The third kappa shape index (κ3) is 5.81. The lowest BCUT2D eigenvalue weighted by Crippen LogP contribution is -2.38. The summed E-state index contributed by atoms with van der Waals surface area (Å²) in [7, 11) is 0. The number of nitrogens with one attached hydrogen (secondary N) is 1. The van der Waals surface area contributed by atoms with E-state index in [0.29, 0.717) is 17.2 Å². The first-order chi connectivity index (χ1) is 11.8. The highest BCUT2D eigenvalue weighted by Gasteiger charge is 2.11. The number of aromatic nitrogens is 2. The Morgan fingerprint density at radius 3 is 2.44 bits per heavy atom. The number of amides is 1. The first-order valence-electron chi connectivity index (χ1n) is 8.48. The number of hydrogen-bond acceptors (Lipinski definition) is 3.